The van der Waals surface area contributed by atoms with Crippen LogP contribution in [0.3, 0.4) is 0 Å². The summed E-state index contributed by atoms with van der Waals surface area (Å²) in [5, 5.41) is 11.6. The monoisotopic (exact) mass is 252 g/mol. The summed E-state index contributed by atoms with van der Waals surface area (Å²) in [7, 11) is 1.57. The molecule has 1 atom stereocenters. The van der Waals surface area contributed by atoms with E-state index < -0.39 is 6.10 Å². The lowest BCUT2D eigenvalue weighted by Crippen LogP contribution is -2.48. The Kier molecular flexibility index (Phi) is 3.83. The normalized spacial score (nSPS) is 20.8. The molecule has 0 radical (unpaired) electrons. The number of ether oxygens (including phenoxy) is 2. The maximum atomic E-state index is 8.65. The van der Waals surface area contributed by atoms with Crippen LogP contribution in [-0.2, 0) is 4.74 Å². The lowest BCUT2D eigenvalue weighted by atomic mass is 10.2. The largest absolute Gasteiger partial charge is 0.481 e. The third-order valence-corrected chi connectivity index (χ3v) is 2.75. The number of morpholine rings is 1. The van der Waals surface area contributed by atoms with Crippen LogP contribution in [0.25, 0.3) is 0 Å². The molecule has 7 nitrogen and oxygen atoms in total. The first-order chi connectivity index (χ1) is 8.74. The van der Waals surface area contributed by atoms with Gasteiger partial charge in [0.1, 0.15) is 11.9 Å². The Morgan fingerprint density at radius 2 is 2.50 bits per heavy atom. The average Bonchev–Trinajstić information content (AvgIpc) is 2.46. The minimum atomic E-state index is -0.420. The molecule has 1 aliphatic heterocycles. The van der Waals surface area contributed by atoms with Gasteiger partial charge in [-0.3, -0.25) is 0 Å². The fourth-order valence-electron chi connectivity index (χ4n) is 1.79. The van der Waals surface area contributed by atoms with Gasteiger partial charge in [0.25, 0.3) is 0 Å². The molecule has 2 heterocycles. The number of amidine groups is 1. The van der Waals surface area contributed by atoms with Crippen molar-refractivity contribution in [2.45, 2.75) is 6.10 Å². The van der Waals surface area contributed by atoms with Gasteiger partial charge in [-0.2, -0.15) is 4.98 Å². The molecule has 1 aromatic rings. The van der Waals surface area contributed by atoms with Gasteiger partial charge in [-0.15, -0.1) is 0 Å². The van der Waals surface area contributed by atoms with E-state index in [1.165, 1.54) is 0 Å². The molecule has 18 heavy (non-hydrogen) atoms. The van der Waals surface area contributed by atoms with E-state index in [1.54, 1.807) is 13.2 Å². The van der Waals surface area contributed by atoms with Gasteiger partial charge in [0.05, 0.1) is 20.3 Å². The van der Waals surface area contributed by atoms with Crippen molar-refractivity contribution in [2.75, 3.05) is 31.7 Å². The number of oxime groups is 1. The molecule has 0 aromatic carbocycles. The van der Waals surface area contributed by atoms with Crippen LogP contribution < -0.4 is 15.4 Å². The summed E-state index contributed by atoms with van der Waals surface area (Å²) in [4.78, 5) is 6.35. The zero-order chi connectivity index (χ0) is 13.0. The van der Waals surface area contributed by atoms with Gasteiger partial charge in [-0.05, 0) is 6.07 Å². The van der Waals surface area contributed by atoms with Crippen LogP contribution in [0.15, 0.2) is 23.4 Å². The molecule has 2 rings (SSSR count). The quantitative estimate of drug-likeness (QED) is 0.341. The van der Waals surface area contributed by atoms with Crippen LogP contribution in [0.5, 0.6) is 5.88 Å². The van der Waals surface area contributed by atoms with E-state index in [-0.39, 0.29) is 5.84 Å². The van der Waals surface area contributed by atoms with Crippen LogP contribution in [-0.4, -0.2) is 48.9 Å². The van der Waals surface area contributed by atoms with Crippen LogP contribution in [0.1, 0.15) is 0 Å². The number of anilines is 1. The molecule has 1 unspecified atom stereocenters. The summed E-state index contributed by atoms with van der Waals surface area (Å²) in [6.07, 6.45) is -0.420. The highest BCUT2D eigenvalue weighted by atomic mass is 16.5. The summed E-state index contributed by atoms with van der Waals surface area (Å²) in [5.41, 5.74) is 5.55. The van der Waals surface area contributed by atoms with Gasteiger partial charge >= 0.3 is 0 Å². The van der Waals surface area contributed by atoms with Crippen LogP contribution in [0, 0.1) is 0 Å². The maximum Gasteiger partial charge on any atom is 0.214 e. The Labute approximate surface area is 105 Å². The molecule has 1 aromatic heterocycles. The Morgan fingerprint density at radius 3 is 3.22 bits per heavy atom. The highest BCUT2D eigenvalue weighted by Crippen LogP contribution is 2.18. The molecule has 0 amide bonds. The molecular weight excluding hydrogens is 236 g/mol. The van der Waals surface area contributed by atoms with Gasteiger partial charge in [0, 0.05) is 12.6 Å². The lowest BCUT2D eigenvalue weighted by Gasteiger charge is -2.33. The van der Waals surface area contributed by atoms with Crippen LogP contribution in [0.4, 0.5) is 5.82 Å². The van der Waals surface area contributed by atoms with Gasteiger partial charge in [0.15, 0.2) is 5.84 Å². The van der Waals surface area contributed by atoms with Crippen molar-refractivity contribution in [3.8, 4) is 5.88 Å². The Balaban J connectivity index is 2.12. The minimum absolute atomic E-state index is 0.0718. The van der Waals surface area contributed by atoms with Crippen molar-refractivity contribution in [1.82, 2.24) is 4.98 Å². The molecule has 0 bridgehead atoms. The fraction of sp³-hybridized carbons (Fsp3) is 0.455. The Morgan fingerprint density at radius 1 is 1.67 bits per heavy atom. The van der Waals surface area contributed by atoms with Crippen LogP contribution in [0.2, 0.25) is 0 Å². The Hall–Kier alpha value is -2.02. The number of nitrogens with two attached hydrogens (primary N) is 1. The van der Waals surface area contributed by atoms with E-state index in [0.29, 0.717) is 25.6 Å². The summed E-state index contributed by atoms with van der Waals surface area (Å²) < 4.78 is 10.5. The Bertz CT molecular complexity index is 438. The van der Waals surface area contributed by atoms with E-state index in [1.807, 2.05) is 17.0 Å². The third-order valence-electron chi connectivity index (χ3n) is 2.75. The van der Waals surface area contributed by atoms with Gasteiger partial charge in [-0.1, -0.05) is 11.2 Å². The molecule has 1 saturated heterocycles. The van der Waals surface area contributed by atoms with Crippen molar-refractivity contribution >= 4 is 11.7 Å². The minimum Gasteiger partial charge on any atom is -0.481 e. The predicted molar refractivity (Wildman–Crippen MR) is 66.2 cm³/mol. The second kappa shape index (κ2) is 5.54. The van der Waals surface area contributed by atoms with Crippen molar-refractivity contribution in [1.29, 1.82) is 0 Å². The lowest BCUT2D eigenvalue weighted by molar-refractivity contribution is 0.0803. The topological polar surface area (TPSA) is 93.2 Å². The van der Waals surface area contributed by atoms with E-state index >= 15 is 0 Å². The first-order valence-electron chi connectivity index (χ1n) is 5.59. The molecule has 1 aliphatic rings. The van der Waals surface area contributed by atoms with Gasteiger partial charge in [-0.25, -0.2) is 0 Å². The molecule has 0 saturated carbocycles. The number of rotatable bonds is 3. The zero-order valence-corrected chi connectivity index (χ0v) is 10.1. The van der Waals surface area contributed by atoms with Crippen molar-refractivity contribution in [3.05, 3.63) is 18.2 Å². The van der Waals surface area contributed by atoms with E-state index in [9.17, 15) is 0 Å². The van der Waals surface area contributed by atoms with E-state index in [0.717, 1.165) is 5.82 Å². The SMILES string of the molecule is COc1cccc(N2CCOC(C(N)=NO)C2)n1. The molecule has 3 N–H and O–H groups in total. The number of nitrogens with zero attached hydrogens (tertiary/aromatic N) is 3. The van der Waals surface area contributed by atoms with Crippen molar-refractivity contribution in [2.24, 2.45) is 10.9 Å². The second-order valence-electron chi connectivity index (χ2n) is 3.87. The molecular formula is C11H16N4O3. The molecule has 98 valence electrons. The molecule has 7 heteroatoms. The third kappa shape index (κ3) is 2.62. The average molecular weight is 252 g/mol. The van der Waals surface area contributed by atoms with Crippen molar-refractivity contribution in [3.63, 3.8) is 0 Å². The molecule has 0 aliphatic carbocycles. The van der Waals surface area contributed by atoms with E-state index in [2.05, 4.69) is 10.1 Å². The number of pyridine rings is 1. The predicted octanol–water partition coefficient (Wildman–Crippen LogP) is 0.0418. The smallest absolute Gasteiger partial charge is 0.214 e. The number of hydrogen-bond acceptors (Lipinski definition) is 6. The van der Waals surface area contributed by atoms with E-state index in [4.69, 9.17) is 20.4 Å². The van der Waals surface area contributed by atoms with Gasteiger partial charge < -0.3 is 25.3 Å². The first kappa shape index (κ1) is 12.4. The summed E-state index contributed by atoms with van der Waals surface area (Å²) in [6, 6.07) is 5.54. The number of aromatic nitrogens is 1. The standard InChI is InChI=1S/C11H16N4O3/c1-17-10-4-2-3-9(13-10)15-5-6-18-8(7-15)11(12)14-16/h2-4,8,16H,5-7H2,1H3,(H2,12,14). The maximum absolute atomic E-state index is 8.65. The molecule has 0 spiro atoms. The van der Waals surface area contributed by atoms with Gasteiger partial charge in [0.2, 0.25) is 5.88 Å². The summed E-state index contributed by atoms with van der Waals surface area (Å²) in [6.45, 7) is 1.70. The summed E-state index contributed by atoms with van der Waals surface area (Å²) >= 11 is 0. The number of methoxy groups -OCH3 is 1. The van der Waals surface area contributed by atoms with Crippen molar-refractivity contribution < 1.29 is 14.7 Å². The first-order valence-corrected chi connectivity index (χ1v) is 5.59. The highest BCUT2D eigenvalue weighted by molar-refractivity contribution is 5.85. The molecule has 1 fully saturated rings. The highest BCUT2D eigenvalue weighted by Gasteiger charge is 2.24. The fourth-order valence-corrected chi connectivity index (χ4v) is 1.79. The summed E-state index contributed by atoms with van der Waals surface area (Å²) in [5.74, 6) is 1.41. The van der Waals surface area contributed by atoms with Crippen LogP contribution >= 0.6 is 0 Å². The number of hydrogen-bond donors (Lipinski definition) is 2. The second-order valence-corrected chi connectivity index (χ2v) is 3.87. The zero-order valence-electron chi connectivity index (χ0n) is 10.1.